The van der Waals surface area contributed by atoms with Gasteiger partial charge < -0.3 is 0 Å². The van der Waals surface area contributed by atoms with E-state index in [9.17, 15) is 42.1 Å². The zero-order valence-corrected chi connectivity index (χ0v) is 26.6. The van der Waals surface area contributed by atoms with Crippen LogP contribution in [-0.4, -0.2) is 11.0 Å². The summed E-state index contributed by atoms with van der Waals surface area (Å²) >= 11 is -2.21. The van der Waals surface area contributed by atoms with Crippen LogP contribution in [0.5, 0.6) is 0 Å². The molecular formula is C34H8F10N6S2. The lowest BCUT2D eigenvalue weighted by Crippen LogP contribution is -2.24. The number of nitrogens with zero attached hydrogens (tertiary/aromatic N) is 6. The molecule has 0 aromatic heterocycles. The number of halogens is 10. The third-order valence-corrected chi connectivity index (χ3v) is 9.38. The van der Waals surface area contributed by atoms with Crippen molar-refractivity contribution in [2.24, 2.45) is 0 Å². The number of fused-ring (bicyclic) bond motifs is 2. The van der Waals surface area contributed by atoms with Gasteiger partial charge in [0.25, 0.3) is 0 Å². The predicted octanol–water partition coefficient (Wildman–Crippen LogP) is 9.01. The summed E-state index contributed by atoms with van der Waals surface area (Å²) < 4.78 is 140. The molecule has 52 heavy (non-hydrogen) atoms. The van der Waals surface area contributed by atoms with Crippen molar-refractivity contribution in [2.75, 3.05) is 0 Å². The Bertz CT molecular complexity index is 2350. The molecule has 2 aliphatic carbocycles. The van der Waals surface area contributed by atoms with Gasteiger partial charge in [-0.3, -0.25) is 0 Å². The Hall–Kier alpha value is -6.18. The molecule has 3 aromatic rings. The first-order valence-electron chi connectivity index (χ1n) is 13.7. The minimum Gasteiger partial charge on any atom is -0.238 e. The summed E-state index contributed by atoms with van der Waals surface area (Å²) in [7, 11) is 0. The Morgan fingerprint density at radius 1 is 0.654 bits per heavy atom. The molecule has 0 fully saturated rings. The SMILES string of the molecule is [C-]#[N+]C([N+]#[C-])=C1Cc2c(-c3cc(F)c(SC(F)(F)F)c(F)c3)c3c(c(-c4cc(F)c(SC(F)(F)F)c(F)c4)c2=C1[N+]#[C-])CC(=C(C#N)C#N)C=3C#N. The monoisotopic (exact) mass is 754 g/mol. The van der Waals surface area contributed by atoms with Crippen LogP contribution in [0.4, 0.5) is 43.9 Å². The highest BCUT2D eigenvalue weighted by Gasteiger charge is 2.38. The topological polar surface area (TPSA) is 84.5 Å². The van der Waals surface area contributed by atoms with Crippen LogP contribution >= 0.6 is 23.5 Å². The Balaban J connectivity index is 2.10. The molecule has 0 bridgehead atoms. The van der Waals surface area contributed by atoms with E-state index in [1.165, 1.54) is 0 Å². The van der Waals surface area contributed by atoms with Crippen molar-refractivity contribution in [3.05, 3.63) is 126 Å². The normalized spacial score (nSPS) is 13.3. The van der Waals surface area contributed by atoms with E-state index >= 15 is 17.6 Å². The Morgan fingerprint density at radius 3 is 1.42 bits per heavy atom. The van der Waals surface area contributed by atoms with Crippen molar-refractivity contribution in [2.45, 2.75) is 33.6 Å². The van der Waals surface area contributed by atoms with E-state index in [0.29, 0.717) is 24.3 Å². The minimum atomic E-state index is -5.13. The van der Waals surface area contributed by atoms with E-state index in [1.54, 1.807) is 18.2 Å². The fraction of sp³-hybridized carbons (Fsp3) is 0.118. The molecule has 18 heteroatoms. The van der Waals surface area contributed by atoms with Crippen molar-refractivity contribution < 1.29 is 43.9 Å². The molecule has 3 aromatic carbocycles. The van der Waals surface area contributed by atoms with Crippen LogP contribution < -0.4 is 10.4 Å². The van der Waals surface area contributed by atoms with Crippen LogP contribution in [0.1, 0.15) is 11.1 Å². The van der Waals surface area contributed by atoms with Gasteiger partial charge in [0.15, 0.2) is 5.70 Å². The van der Waals surface area contributed by atoms with Crippen LogP contribution in [0, 0.1) is 77.0 Å². The van der Waals surface area contributed by atoms with Crippen LogP contribution in [0.3, 0.4) is 0 Å². The fourth-order valence-electron chi connectivity index (χ4n) is 6.01. The van der Waals surface area contributed by atoms with Crippen molar-refractivity contribution in [1.29, 1.82) is 15.8 Å². The molecule has 0 saturated carbocycles. The largest absolute Gasteiger partial charge is 0.512 e. The van der Waals surface area contributed by atoms with E-state index < -0.39 is 114 Å². The number of hydrogen-bond acceptors (Lipinski definition) is 5. The molecule has 6 nitrogen and oxygen atoms in total. The van der Waals surface area contributed by atoms with E-state index in [0.717, 1.165) is 0 Å². The molecule has 0 spiro atoms. The summed E-state index contributed by atoms with van der Waals surface area (Å²) in [5.41, 5.74) is -14.7. The van der Waals surface area contributed by atoms with Crippen LogP contribution in [0.25, 0.3) is 48.1 Å². The lowest BCUT2D eigenvalue weighted by Gasteiger charge is -2.18. The molecule has 0 amide bonds. The Morgan fingerprint density at radius 2 is 1.06 bits per heavy atom. The Labute approximate surface area is 294 Å². The van der Waals surface area contributed by atoms with Gasteiger partial charge in [-0.05, 0) is 92.8 Å². The van der Waals surface area contributed by atoms with Crippen molar-refractivity contribution in [1.82, 2.24) is 0 Å². The van der Waals surface area contributed by atoms with E-state index in [4.69, 9.17) is 19.7 Å². The van der Waals surface area contributed by atoms with Gasteiger partial charge in [0, 0.05) is 17.2 Å². The first-order valence-corrected chi connectivity index (χ1v) is 15.3. The van der Waals surface area contributed by atoms with Crippen LogP contribution in [-0.2, 0) is 12.8 Å². The smallest absolute Gasteiger partial charge is 0.238 e. The molecule has 0 N–H and O–H groups in total. The number of benzene rings is 3. The highest BCUT2D eigenvalue weighted by atomic mass is 32.2. The van der Waals surface area contributed by atoms with Crippen LogP contribution in [0.2, 0.25) is 0 Å². The summed E-state index contributed by atoms with van der Waals surface area (Å²) in [5, 5.41) is 29.1. The zero-order valence-electron chi connectivity index (χ0n) is 25.0. The first kappa shape index (κ1) is 37.1. The van der Waals surface area contributed by atoms with E-state index in [1.807, 2.05) is 0 Å². The molecule has 256 valence electrons. The fourth-order valence-corrected chi connectivity index (χ4v) is 7.10. The average Bonchev–Trinajstić information content (AvgIpc) is 3.62. The van der Waals surface area contributed by atoms with Crippen molar-refractivity contribution in [3.8, 4) is 40.5 Å². The second-order valence-corrected chi connectivity index (χ2v) is 12.6. The van der Waals surface area contributed by atoms with Crippen molar-refractivity contribution in [3.63, 3.8) is 0 Å². The van der Waals surface area contributed by atoms with Crippen LogP contribution in [0.15, 0.2) is 56.6 Å². The summed E-state index contributed by atoms with van der Waals surface area (Å²) in [4.78, 5) is 6.72. The number of nitriles is 3. The maximum absolute atomic E-state index is 15.3. The number of rotatable bonds is 4. The van der Waals surface area contributed by atoms with Gasteiger partial charge in [-0.15, -0.1) is 0 Å². The second-order valence-electron chi connectivity index (χ2n) is 10.5. The molecule has 0 saturated heterocycles. The molecule has 0 radical (unpaired) electrons. The standard InChI is InChI=1S/C34H8F10N6S2/c1-48-29-19(32(49-2)50-3)9-18-25(13-4-21(35)30(22(36)5-13)51-33(39,40)41)27-17(8-16(20(27)12-47)15(10-45)11-46)26(28(18)29)14-6-23(37)31(24(38)7-14)52-34(42,43)44/h4-7H,8-9H2. The maximum atomic E-state index is 15.3. The van der Waals surface area contributed by atoms with Crippen molar-refractivity contribution >= 4 is 34.8 Å². The maximum Gasteiger partial charge on any atom is 0.512 e. The van der Waals surface area contributed by atoms with E-state index in [-0.39, 0.29) is 43.8 Å². The van der Waals surface area contributed by atoms with Gasteiger partial charge in [-0.1, -0.05) is 0 Å². The zero-order chi connectivity index (χ0) is 38.4. The molecular weight excluding hydrogens is 747 g/mol. The van der Waals surface area contributed by atoms with Gasteiger partial charge in [0.1, 0.15) is 60.2 Å². The number of allylic oxidation sites excluding steroid dienone is 2. The third kappa shape index (κ3) is 6.43. The predicted molar refractivity (Wildman–Crippen MR) is 165 cm³/mol. The molecule has 0 unspecified atom stereocenters. The minimum absolute atomic E-state index is 0.214. The Kier molecular flexibility index (Phi) is 9.63. The lowest BCUT2D eigenvalue weighted by molar-refractivity contribution is -0.0339. The third-order valence-electron chi connectivity index (χ3n) is 7.73. The first-order chi connectivity index (χ1) is 24.4. The number of alkyl halides is 6. The highest BCUT2D eigenvalue weighted by molar-refractivity contribution is 8.00. The number of hydrogen-bond donors (Lipinski definition) is 0. The second kappa shape index (κ2) is 13.5. The van der Waals surface area contributed by atoms with Gasteiger partial charge >= 0.3 is 16.8 Å². The summed E-state index contributed by atoms with van der Waals surface area (Å²) in [5.74, 6) is -7.58. The lowest BCUT2D eigenvalue weighted by atomic mass is 9.86. The summed E-state index contributed by atoms with van der Waals surface area (Å²) in [6.45, 7) is 22.9. The molecule has 0 atom stereocenters. The van der Waals surface area contributed by atoms with Gasteiger partial charge in [-0.2, -0.15) is 51.8 Å². The van der Waals surface area contributed by atoms with Gasteiger partial charge in [0.2, 0.25) is 0 Å². The summed E-state index contributed by atoms with van der Waals surface area (Å²) in [6, 6.07) is 6.85. The molecule has 5 rings (SSSR count). The molecule has 0 aliphatic heterocycles. The highest BCUT2D eigenvalue weighted by Crippen LogP contribution is 2.45. The quantitative estimate of drug-likeness (QED) is 0.115. The summed E-state index contributed by atoms with van der Waals surface area (Å²) in [6.07, 6.45) is -1.21. The van der Waals surface area contributed by atoms with Gasteiger partial charge in [-0.25, -0.2) is 22.4 Å². The number of thioether (sulfide) groups is 2. The van der Waals surface area contributed by atoms with Gasteiger partial charge in [0.05, 0.1) is 27.5 Å². The molecule has 0 heterocycles. The van der Waals surface area contributed by atoms with E-state index in [2.05, 4.69) is 14.5 Å². The average molecular weight is 755 g/mol. The molecule has 2 aliphatic rings.